The molecule has 1 amide bonds. The fraction of sp³-hybridized carbons (Fsp3) is 0.462. The number of fused-ring (bicyclic) bond motifs is 1. The molecule has 18 heavy (non-hydrogen) atoms. The van der Waals surface area contributed by atoms with Gasteiger partial charge in [0.25, 0.3) is 5.91 Å². The Bertz CT molecular complexity index is 427. The first-order chi connectivity index (χ1) is 8.24. The molecule has 2 heterocycles. The number of rotatable bonds is 1. The number of para-hydroxylation sites is 1. The molecule has 0 saturated carbocycles. The van der Waals surface area contributed by atoms with Gasteiger partial charge in [0.05, 0.1) is 0 Å². The number of halogens is 1. The summed E-state index contributed by atoms with van der Waals surface area (Å²) in [7, 11) is 0. The molecule has 1 aromatic carbocycles. The number of ether oxygens (including phenoxy) is 1. The Kier molecular flexibility index (Phi) is 3.78. The fourth-order valence-electron chi connectivity index (χ4n) is 2.51. The summed E-state index contributed by atoms with van der Waals surface area (Å²) in [5, 5.41) is 0. The molecule has 0 aromatic heterocycles. The summed E-state index contributed by atoms with van der Waals surface area (Å²) in [6.45, 7) is 1.42. The molecule has 1 fully saturated rings. The Morgan fingerprint density at radius 3 is 2.83 bits per heavy atom. The summed E-state index contributed by atoms with van der Waals surface area (Å²) >= 11 is 0. The third-order valence-corrected chi connectivity index (χ3v) is 3.46. The molecule has 5 heteroatoms. The zero-order valence-electron chi connectivity index (χ0n) is 10.0. The highest BCUT2D eigenvalue weighted by molar-refractivity contribution is 5.85. The minimum atomic E-state index is -0.349. The summed E-state index contributed by atoms with van der Waals surface area (Å²) in [6, 6.07) is 7.96. The molecular formula is C13H17ClN2O2. The van der Waals surface area contributed by atoms with E-state index in [1.54, 1.807) is 0 Å². The van der Waals surface area contributed by atoms with Crippen LogP contribution >= 0.6 is 12.4 Å². The van der Waals surface area contributed by atoms with Crippen LogP contribution in [0.2, 0.25) is 0 Å². The van der Waals surface area contributed by atoms with Crippen LogP contribution in [-0.2, 0) is 11.2 Å². The first-order valence-corrected chi connectivity index (χ1v) is 6.03. The second kappa shape index (κ2) is 5.16. The van der Waals surface area contributed by atoms with E-state index in [0.29, 0.717) is 13.0 Å². The van der Waals surface area contributed by atoms with Crippen LogP contribution in [0.1, 0.15) is 12.0 Å². The Morgan fingerprint density at radius 1 is 1.39 bits per heavy atom. The Morgan fingerprint density at radius 2 is 2.17 bits per heavy atom. The number of amides is 1. The SMILES string of the molecule is Cl.N[C@@H]1CCN(C(=O)C2Cc3ccccc3O2)C1. The van der Waals surface area contributed by atoms with Crippen LogP contribution in [0.25, 0.3) is 0 Å². The van der Waals surface area contributed by atoms with Crippen LogP contribution in [-0.4, -0.2) is 36.0 Å². The highest BCUT2D eigenvalue weighted by Crippen LogP contribution is 2.29. The molecule has 3 rings (SSSR count). The number of carbonyl (C=O) groups is 1. The van der Waals surface area contributed by atoms with E-state index >= 15 is 0 Å². The molecule has 2 atom stereocenters. The van der Waals surface area contributed by atoms with E-state index in [9.17, 15) is 4.79 Å². The minimum absolute atomic E-state index is 0. The molecule has 4 nitrogen and oxygen atoms in total. The van der Waals surface area contributed by atoms with Gasteiger partial charge in [-0.05, 0) is 18.1 Å². The van der Waals surface area contributed by atoms with Crippen LogP contribution in [0, 0.1) is 0 Å². The lowest BCUT2D eigenvalue weighted by atomic mass is 10.1. The van der Waals surface area contributed by atoms with Crippen molar-refractivity contribution >= 4 is 18.3 Å². The lowest BCUT2D eigenvalue weighted by molar-refractivity contribution is -0.136. The Balaban J connectivity index is 0.00000120. The van der Waals surface area contributed by atoms with Gasteiger partial charge >= 0.3 is 0 Å². The summed E-state index contributed by atoms with van der Waals surface area (Å²) in [4.78, 5) is 14.0. The van der Waals surface area contributed by atoms with Crippen molar-refractivity contribution in [1.82, 2.24) is 4.90 Å². The predicted octanol–water partition coefficient (Wildman–Crippen LogP) is 0.971. The molecular weight excluding hydrogens is 252 g/mol. The van der Waals surface area contributed by atoms with E-state index < -0.39 is 0 Å². The van der Waals surface area contributed by atoms with E-state index in [-0.39, 0.29) is 30.5 Å². The largest absolute Gasteiger partial charge is 0.480 e. The van der Waals surface area contributed by atoms with Crippen molar-refractivity contribution in [2.75, 3.05) is 13.1 Å². The molecule has 0 spiro atoms. The number of carbonyl (C=O) groups excluding carboxylic acids is 1. The van der Waals surface area contributed by atoms with Gasteiger partial charge in [0.2, 0.25) is 0 Å². The topological polar surface area (TPSA) is 55.6 Å². The molecule has 2 aliphatic rings. The monoisotopic (exact) mass is 268 g/mol. The third kappa shape index (κ3) is 2.31. The standard InChI is InChI=1S/C13H16N2O2.ClH/c14-10-5-6-15(8-10)13(16)12-7-9-3-1-2-4-11(9)17-12;/h1-4,10,12H,5-8,14H2;1H/t10-,12?;/m1./s1. The van der Waals surface area contributed by atoms with Crippen LogP contribution in [0.5, 0.6) is 5.75 Å². The predicted molar refractivity (Wildman–Crippen MR) is 71.0 cm³/mol. The smallest absolute Gasteiger partial charge is 0.264 e. The van der Waals surface area contributed by atoms with Crippen LogP contribution in [0.3, 0.4) is 0 Å². The van der Waals surface area contributed by atoms with Gasteiger partial charge in [0.1, 0.15) is 5.75 Å². The maximum atomic E-state index is 12.2. The van der Waals surface area contributed by atoms with Crippen molar-refractivity contribution in [3.63, 3.8) is 0 Å². The molecule has 1 unspecified atom stereocenters. The Hall–Kier alpha value is -1.26. The molecule has 98 valence electrons. The van der Waals surface area contributed by atoms with Gasteiger partial charge in [-0.25, -0.2) is 0 Å². The molecule has 0 radical (unpaired) electrons. The fourth-order valence-corrected chi connectivity index (χ4v) is 2.51. The molecule has 2 N–H and O–H groups in total. The zero-order chi connectivity index (χ0) is 11.8. The average molecular weight is 269 g/mol. The van der Waals surface area contributed by atoms with E-state index in [1.165, 1.54) is 0 Å². The van der Waals surface area contributed by atoms with Gasteiger partial charge in [-0.2, -0.15) is 0 Å². The number of nitrogens with two attached hydrogens (primary N) is 1. The number of likely N-dealkylation sites (tertiary alicyclic amines) is 1. The average Bonchev–Trinajstić information content (AvgIpc) is 2.93. The second-order valence-corrected chi connectivity index (χ2v) is 4.75. The first kappa shape index (κ1) is 13.2. The third-order valence-electron chi connectivity index (χ3n) is 3.46. The normalized spacial score (nSPS) is 25.3. The van der Waals surface area contributed by atoms with Gasteiger partial charge in [-0.15, -0.1) is 12.4 Å². The number of hydrogen-bond donors (Lipinski definition) is 1. The number of nitrogens with zero attached hydrogens (tertiary/aromatic N) is 1. The second-order valence-electron chi connectivity index (χ2n) is 4.75. The van der Waals surface area contributed by atoms with Crippen molar-refractivity contribution in [3.05, 3.63) is 29.8 Å². The number of benzene rings is 1. The maximum Gasteiger partial charge on any atom is 0.264 e. The van der Waals surface area contributed by atoms with E-state index in [4.69, 9.17) is 10.5 Å². The number of hydrogen-bond acceptors (Lipinski definition) is 3. The lowest BCUT2D eigenvalue weighted by Gasteiger charge is -2.19. The first-order valence-electron chi connectivity index (χ1n) is 6.03. The highest BCUT2D eigenvalue weighted by Gasteiger charge is 2.34. The molecule has 0 aliphatic carbocycles. The van der Waals surface area contributed by atoms with Crippen LogP contribution in [0.4, 0.5) is 0 Å². The lowest BCUT2D eigenvalue weighted by Crippen LogP contribution is -2.41. The van der Waals surface area contributed by atoms with Crippen LogP contribution in [0.15, 0.2) is 24.3 Å². The van der Waals surface area contributed by atoms with Gasteiger partial charge in [0, 0.05) is 25.6 Å². The van der Waals surface area contributed by atoms with Gasteiger partial charge in [-0.1, -0.05) is 18.2 Å². The van der Waals surface area contributed by atoms with Crippen molar-refractivity contribution in [3.8, 4) is 5.75 Å². The summed E-state index contributed by atoms with van der Waals surface area (Å²) in [6.07, 6.45) is 1.23. The van der Waals surface area contributed by atoms with Gasteiger partial charge < -0.3 is 15.4 Å². The van der Waals surface area contributed by atoms with Crippen molar-refractivity contribution in [2.24, 2.45) is 5.73 Å². The molecule has 1 saturated heterocycles. The maximum absolute atomic E-state index is 12.2. The molecule has 0 bridgehead atoms. The van der Waals surface area contributed by atoms with Gasteiger partial charge in [-0.3, -0.25) is 4.79 Å². The van der Waals surface area contributed by atoms with Crippen molar-refractivity contribution in [2.45, 2.75) is 25.0 Å². The highest BCUT2D eigenvalue weighted by atomic mass is 35.5. The van der Waals surface area contributed by atoms with E-state index in [1.807, 2.05) is 29.2 Å². The summed E-state index contributed by atoms with van der Waals surface area (Å²) in [5.41, 5.74) is 6.93. The molecule has 1 aromatic rings. The minimum Gasteiger partial charge on any atom is -0.480 e. The van der Waals surface area contributed by atoms with Crippen molar-refractivity contribution < 1.29 is 9.53 Å². The van der Waals surface area contributed by atoms with Gasteiger partial charge in [0.15, 0.2) is 6.10 Å². The van der Waals surface area contributed by atoms with E-state index in [2.05, 4.69) is 0 Å². The van der Waals surface area contributed by atoms with E-state index in [0.717, 1.165) is 24.3 Å². The van der Waals surface area contributed by atoms with Crippen LogP contribution < -0.4 is 10.5 Å². The van der Waals surface area contributed by atoms with Crippen molar-refractivity contribution in [1.29, 1.82) is 0 Å². The summed E-state index contributed by atoms with van der Waals surface area (Å²) < 4.78 is 5.68. The Labute approximate surface area is 113 Å². The molecule has 2 aliphatic heterocycles. The quantitative estimate of drug-likeness (QED) is 0.826. The summed E-state index contributed by atoms with van der Waals surface area (Å²) in [5.74, 6) is 0.920. The zero-order valence-corrected chi connectivity index (χ0v) is 10.9.